The first-order valence-corrected chi connectivity index (χ1v) is 9.25. The summed E-state index contributed by atoms with van der Waals surface area (Å²) in [7, 11) is 0. The monoisotopic (exact) mass is 376 g/mol. The molecule has 2 aliphatic rings. The summed E-state index contributed by atoms with van der Waals surface area (Å²) in [5.41, 5.74) is 5.69. The van der Waals surface area contributed by atoms with Crippen molar-refractivity contribution in [2.75, 3.05) is 0 Å². The fraction of sp³-hybridized carbons (Fsp3) is 0.375. The standard InChI is InChI=1S/2C7H9.2CH2.2ClH.Zr/c2*1-6-4-3-5-7(6)2;;;;;/h2*4H,5H2,1-2H3;2*1H2;2*1H;/q2*-1;;;;;. The second-order valence-electron chi connectivity index (χ2n) is 4.23. The summed E-state index contributed by atoms with van der Waals surface area (Å²) in [6.07, 6.45) is 12.4. The summed E-state index contributed by atoms with van der Waals surface area (Å²) in [5, 5.41) is 0. The minimum absolute atomic E-state index is 0. The molecule has 2 aliphatic carbocycles. The van der Waals surface area contributed by atoms with Gasteiger partial charge in [-0.15, -0.1) is 51.5 Å². The molecule has 0 heterocycles. The maximum atomic E-state index is 3.54. The molecular formula is C16H24Cl2Zr-2. The van der Waals surface area contributed by atoms with Gasteiger partial charge in [0.1, 0.15) is 0 Å². The van der Waals surface area contributed by atoms with Gasteiger partial charge in [0.05, 0.1) is 0 Å². The Bertz CT molecular complexity index is 372. The van der Waals surface area contributed by atoms with Crippen LogP contribution in [0.25, 0.3) is 0 Å². The number of hydrogen-bond acceptors (Lipinski definition) is 0. The molecule has 0 aromatic heterocycles. The minimum atomic E-state index is -0.270. The molecule has 0 saturated carbocycles. The first kappa shape index (κ1) is 24.2. The summed E-state index contributed by atoms with van der Waals surface area (Å²) in [6, 6.07) is 0. The molecule has 0 N–H and O–H groups in total. The zero-order valence-corrected chi connectivity index (χ0v) is 16.4. The average Bonchev–Trinajstić information content (AvgIpc) is 2.81. The van der Waals surface area contributed by atoms with E-state index in [9.17, 15) is 0 Å². The predicted octanol–water partition coefficient (Wildman–Crippen LogP) is 4.95. The number of hydrogen-bond donors (Lipinski definition) is 0. The Morgan fingerprint density at radius 1 is 0.842 bits per heavy atom. The van der Waals surface area contributed by atoms with Gasteiger partial charge in [0.25, 0.3) is 0 Å². The van der Waals surface area contributed by atoms with Crippen molar-refractivity contribution in [3.05, 3.63) is 46.6 Å². The molecule has 0 aromatic carbocycles. The first-order valence-electron chi connectivity index (χ1n) is 5.78. The summed E-state index contributed by atoms with van der Waals surface area (Å²) in [4.78, 5) is 0. The zero-order valence-electron chi connectivity index (χ0n) is 12.3. The summed E-state index contributed by atoms with van der Waals surface area (Å²) in [6.45, 7) is 8.53. The number of allylic oxidation sites excluding steroid dienone is 8. The summed E-state index contributed by atoms with van der Waals surface area (Å²) >= 11 is -0.270. The molecular weight excluding hydrogens is 354 g/mol. The molecule has 0 fully saturated rings. The number of halogens is 2. The SMILES string of the molecule is CC1=C(C)C[C-]=C1.CC1=C(C)C[C-]=C1.Cl.Cl.[CH2]=[Zr]=[CH2]. The van der Waals surface area contributed by atoms with Gasteiger partial charge in [-0.3, -0.25) is 12.2 Å². The van der Waals surface area contributed by atoms with Crippen molar-refractivity contribution in [3.63, 3.8) is 0 Å². The van der Waals surface area contributed by atoms with Gasteiger partial charge in [0.2, 0.25) is 0 Å². The van der Waals surface area contributed by atoms with Gasteiger partial charge in [-0.05, 0) is 0 Å². The second kappa shape index (κ2) is 14.6. The molecule has 0 atom stereocenters. The van der Waals surface area contributed by atoms with Gasteiger partial charge in [0.15, 0.2) is 0 Å². The van der Waals surface area contributed by atoms with Crippen LogP contribution in [-0.4, -0.2) is 8.42 Å². The zero-order chi connectivity index (χ0) is 13.3. The molecule has 0 unspecified atom stereocenters. The Kier molecular flexibility index (Phi) is 18.6. The third kappa shape index (κ3) is 11.7. The van der Waals surface area contributed by atoms with Crippen LogP contribution in [-0.2, 0) is 22.3 Å². The summed E-state index contributed by atoms with van der Waals surface area (Å²) < 4.78 is 7.09. The van der Waals surface area contributed by atoms with Gasteiger partial charge in [-0.1, -0.05) is 13.8 Å². The van der Waals surface area contributed by atoms with Crippen molar-refractivity contribution in [2.45, 2.75) is 40.5 Å². The predicted molar refractivity (Wildman–Crippen MR) is 90.3 cm³/mol. The van der Waals surface area contributed by atoms with Crippen LogP contribution in [0, 0.1) is 12.2 Å². The van der Waals surface area contributed by atoms with Crippen molar-refractivity contribution in [3.8, 4) is 0 Å². The topological polar surface area (TPSA) is 0 Å². The quantitative estimate of drug-likeness (QED) is 0.523. The van der Waals surface area contributed by atoms with Gasteiger partial charge < -0.3 is 0 Å². The first-order chi connectivity index (χ1) is 8.02. The van der Waals surface area contributed by atoms with Crippen molar-refractivity contribution in [2.24, 2.45) is 0 Å². The summed E-state index contributed by atoms with van der Waals surface area (Å²) in [5.74, 6) is 0. The molecule has 0 aromatic rings. The van der Waals surface area contributed by atoms with Crippen LogP contribution in [0.3, 0.4) is 0 Å². The van der Waals surface area contributed by atoms with Crippen LogP contribution in [0.2, 0.25) is 0 Å². The molecule has 108 valence electrons. The Labute approximate surface area is 142 Å². The molecule has 19 heavy (non-hydrogen) atoms. The van der Waals surface area contributed by atoms with E-state index in [2.05, 4.69) is 60.4 Å². The van der Waals surface area contributed by atoms with Crippen molar-refractivity contribution in [1.29, 1.82) is 0 Å². The van der Waals surface area contributed by atoms with E-state index in [0.717, 1.165) is 12.8 Å². The van der Waals surface area contributed by atoms with E-state index in [1.54, 1.807) is 0 Å². The van der Waals surface area contributed by atoms with E-state index >= 15 is 0 Å². The van der Waals surface area contributed by atoms with E-state index in [1.807, 2.05) is 0 Å². The second-order valence-corrected chi connectivity index (χ2v) is 5.46. The Morgan fingerprint density at radius 2 is 1.11 bits per heavy atom. The third-order valence-electron chi connectivity index (χ3n) is 2.72. The van der Waals surface area contributed by atoms with Gasteiger partial charge >= 0.3 is 30.7 Å². The van der Waals surface area contributed by atoms with Crippen molar-refractivity contribution in [1.82, 2.24) is 0 Å². The van der Waals surface area contributed by atoms with Crippen LogP contribution < -0.4 is 0 Å². The van der Waals surface area contributed by atoms with Crippen LogP contribution in [0.5, 0.6) is 0 Å². The fourth-order valence-corrected chi connectivity index (χ4v) is 1.24. The Morgan fingerprint density at radius 3 is 1.16 bits per heavy atom. The van der Waals surface area contributed by atoms with Gasteiger partial charge in [0, 0.05) is 0 Å². The molecule has 0 amide bonds. The Hall–Kier alpha value is 0.163. The molecule has 0 aliphatic heterocycles. The molecule has 0 radical (unpaired) electrons. The van der Waals surface area contributed by atoms with Crippen molar-refractivity contribution >= 4 is 33.2 Å². The van der Waals surface area contributed by atoms with E-state index < -0.39 is 0 Å². The van der Waals surface area contributed by atoms with Crippen LogP contribution in [0.15, 0.2) is 34.4 Å². The molecule has 3 heteroatoms. The fourth-order valence-electron chi connectivity index (χ4n) is 1.24. The molecule has 0 nitrogen and oxygen atoms in total. The number of rotatable bonds is 0. The Balaban J connectivity index is -0.000000207. The van der Waals surface area contributed by atoms with Gasteiger partial charge in [-0.2, -0.15) is 11.1 Å². The molecule has 2 rings (SSSR count). The van der Waals surface area contributed by atoms with E-state index in [1.165, 1.54) is 22.3 Å². The third-order valence-corrected chi connectivity index (χ3v) is 2.72. The molecule has 0 saturated heterocycles. The van der Waals surface area contributed by atoms with E-state index in [4.69, 9.17) is 0 Å². The van der Waals surface area contributed by atoms with E-state index in [0.29, 0.717) is 0 Å². The van der Waals surface area contributed by atoms with Crippen LogP contribution >= 0.6 is 24.8 Å². The van der Waals surface area contributed by atoms with Gasteiger partial charge in [-0.25, -0.2) is 23.3 Å². The normalized spacial score (nSPS) is 14.5. The maximum absolute atomic E-state index is 3.54. The van der Waals surface area contributed by atoms with Crippen LogP contribution in [0.4, 0.5) is 0 Å². The average molecular weight is 378 g/mol. The molecule has 0 bridgehead atoms. The van der Waals surface area contributed by atoms with Crippen LogP contribution in [0.1, 0.15) is 40.5 Å². The van der Waals surface area contributed by atoms with Crippen molar-refractivity contribution < 1.29 is 22.3 Å². The van der Waals surface area contributed by atoms with E-state index in [-0.39, 0.29) is 47.1 Å². The molecule has 0 spiro atoms.